The van der Waals surface area contributed by atoms with Gasteiger partial charge in [0, 0.05) is 12.6 Å². The van der Waals surface area contributed by atoms with E-state index in [9.17, 15) is 35.1 Å². The highest BCUT2D eigenvalue weighted by Gasteiger charge is 2.32. The van der Waals surface area contributed by atoms with Crippen LogP contribution in [-0.4, -0.2) is 82.1 Å². The lowest BCUT2D eigenvalue weighted by atomic mass is 10.0. The summed E-state index contributed by atoms with van der Waals surface area (Å²) in [5.41, 5.74) is -0.321. The molecule has 1 aromatic rings. The van der Waals surface area contributed by atoms with Crippen LogP contribution in [-0.2, 0) is 16.0 Å². The Bertz CT molecular complexity index is 567. The monoisotopic (exact) mass is 332 g/mol. The molecule has 0 aliphatic rings. The summed E-state index contributed by atoms with van der Waals surface area (Å²) in [5, 5.41) is 64.3. The maximum absolute atomic E-state index is 10.6. The minimum Gasteiger partial charge on any atom is -0.479 e. The van der Waals surface area contributed by atoms with E-state index in [1.165, 1.54) is 0 Å². The summed E-state index contributed by atoms with van der Waals surface area (Å²) in [6.45, 7) is 0. The van der Waals surface area contributed by atoms with Crippen LogP contribution >= 0.6 is 0 Å². The number of hydrogen-bond donors (Lipinski definition) is 7. The van der Waals surface area contributed by atoms with E-state index in [4.69, 9.17) is 10.2 Å². The van der Waals surface area contributed by atoms with Gasteiger partial charge in [-0.2, -0.15) is 0 Å². The molecule has 0 bridgehead atoms. The van der Waals surface area contributed by atoms with E-state index in [0.29, 0.717) is 0 Å². The molecule has 0 aliphatic heterocycles. The number of carboxylic acid groups (broad SMARTS) is 2. The SMILES string of the molecule is O=C(O)[C@@H](O)[C@H](O)[C@H](O)c1cncc(C[C@@H](O)[C@H](O)C(=O)O)n1. The second-order valence-corrected chi connectivity index (χ2v) is 4.71. The first kappa shape index (κ1) is 18.9. The van der Waals surface area contributed by atoms with E-state index in [1.54, 1.807) is 0 Å². The Kier molecular flexibility index (Phi) is 6.48. The second kappa shape index (κ2) is 7.89. The molecule has 11 nitrogen and oxygen atoms in total. The average Bonchev–Trinajstić information content (AvgIpc) is 2.51. The molecule has 0 saturated carbocycles. The third kappa shape index (κ3) is 4.91. The third-order valence-corrected chi connectivity index (χ3v) is 2.94. The van der Waals surface area contributed by atoms with E-state index in [-0.39, 0.29) is 11.4 Å². The van der Waals surface area contributed by atoms with Crippen molar-refractivity contribution >= 4 is 11.9 Å². The molecule has 0 spiro atoms. The zero-order valence-corrected chi connectivity index (χ0v) is 11.6. The van der Waals surface area contributed by atoms with Gasteiger partial charge in [-0.05, 0) is 0 Å². The van der Waals surface area contributed by atoms with Crippen LogP contribution in [0.4, 0.5) is 0 Å². The first-order valence-electron chi connectivity index (χ1n) is 6.32. The van der Waals surface area contributed by atoms with Gasteiger partial charge in [0.05, 0.1) is 23.7 Å². The molecule has 0 aliphatic carbocycles. The quantitative estimate of drug-likeness (QED) is 0.251. The molecular formula is C12H16N2O9. The molecule has 1 heterocycles. The van der Waals surface area contributed by atoms with Crippen molar-refractivity contribution in [3.05, 3.63) is 23.8 Å². The fourth-order valence-electron chi connectivity index (χ4n) is 1.65. The summed E-state index contributed by atoms with van der Waals surface area (Å²) in [7, 11) is 0. The predicted molar refractivity (Wildman–Crippen MR) is 70.0 cm³/mol. The summed E-state index contributed by atoms with van der Waals surface area (Å²) in [5.74, 6) is -3.39. The van der Waals surface area contributed by atoms with E-state index < -0.39 is 48.9 Å². The minimum atomic E-state index is -2.25. The maximum Gasteiger partial charge on any atom is 0.335 e. The molecule has 0 fully saturated rings. The van der Waals surface area contributed by atoms with Crippen molar-refractivity contribution in [3.63, 3.8) is 0 Å². The van der Waals surface area contributed by atoms with Crippen LogP contribution in [0.1, 0.15) is 17.5 Å². The van der Waals surface area contributed by atoms with Crippen molar-refractivity contribution in [1.82, 2.24) is 9.97 Å². The van der Waals surface area contributed by atoms with Crippen LogP contribution in [0.25, 0.3) is 0 Å². The Morgan fingerprint density at radius 2 is 1.52 bits per heavy atom. The molecule has 0 radical (unpaired) electrons. The van der Waals surface area contributed by atoms with Gasteiger partial charge in [-0.1, -0.05) is 0 Å². The average molecular weight is 332 g/mol. The molecule has 7 N–H and O–H groups in total. The largest absolute Gasteiger partial charge is 0.479 e. The van der Waals surface area contributed by atoms with Crippen molar-refractivity contribution in [1.29, 1.82) is 0 Å². The number of aliphatic carboxylic acids is 2. The van der Waals surface area contributed by atoms with Crippen molar-refractivity contribution in [2.75, 3.05) is 0 Å². The number of carboxylic acids is 2. The molecule has 11 heteroatoms. The molecule has 1 aromatic heterocycles. The lowest BCUT2D eigenvalue weighted by Gasteiger charge is -2.20. The van der Waals surface area contributed by atoms with Crippen molar-refractivity contribution in [2.45, 2.75) is 36.9 Å². The lowest BCUT2D eigenvalue weighted by molar-refractivity contribution is -0.158. The normalized spacial score (nSPS) is 17.8. The van der Waals surface area contributed by atoms with Crippen LogP contribution in [0, 0.1) is 0 Å². The number of nitrogens with zero attached hydrogens (tertiary/aromatic N) is 2. The van der Waals surface area contributed by atoms with Crippen molar-refractivity contribution in [3.8, 4) is 0 Å². The Morgan fingerprint density at radius 1 is 0.957 bits per heavy atom. The Hall–Kier alpha value is -2.18. The zero-order valence-electron chi connectivity index (χ0n) is 11.6. The van der Waals surface area contributed by atoms with Gasteiger partial charge < -0.3 is 35.7 Å². The van der Waals surface area contributed by atoms with Gasteiger partial charge in [0.2, 0.25) is 0 Å². The van der Waals surface area contributed by atoms with E-state index in [2.05, 4.69) is 9.97 Å². The number of aliphatic hydroxyl groups excluding tert-OH is 5. The summed E-state index contributed by atoms with van der Waals surface area (Å²) >= 11 is 0. The zero-order chi connectivity index (χ0) is 17.7. The fraction of sp³-hybridized carbons (Fsp3) is 0.500. The van der Waals surface area contributed by atoms with Gasteiger partial charge in [-0.25, -0.2) is 9.59 Å². The molecule has 128 valence electrons. The smallest absolute Gasteiger partial charge is 0.335 e. The Balaban J connectivity index is 2.88. The van der Waals surface area contributed by atoms with Gasteiger partial charge in [0.25, 0.3) is 0 Å². The van der Waals surface area contributed by atoms with Gasteiger partial charge >= 0.3 is 11.9 Å². The fourth-order valence-corrected chi connectivity index (χ4v) is 1.65. The molecule has 0 aromatic carbocycles. The maximum atomic E-state index is 10.6. The molecule has 0 amide bonds. The molecule has 0 unspecified atom stereocenters. The second-order valence-electron chi connectivity index (χ2n) is 4.71. The minimum absolute atomic E-state index is 0.0219. The van der Waals surface area contributed by atoms with E-state index >= 15 is 0 Å². The highest BCUT2D eigenvalue weighted by atomic mass is 16.4. The van der Waals surface area contributed by atoms with Gasteiger partial charge in [-0.15, -0.1) is 0 Å². The van der Waals surface area contributed by atoms with Gasteiger partial charge in [0.1, 0.15) is 12.2 Å². The number of hydrogen-bond acceptors (Lipinski definition) is 9. The highest BCUT2D eigenvalue weighted by molar-refractivity contribution is 5.73. The standard InChI is InChI=1S/C12H16N2O9/c15-6(8(17)11(20)21)1-4-2-13-3-5(14-4)7(16)9(18)10(19)12(22)23/h2-3,6-10,15-19H,1H2,(H,20,21)(H,22,23)/t6-,7-,8+,9-,10+/m1/s1. The number of rotatable bonds is 8. The van der Waals surface area contributed by atoms with Crippen LogP contribution in [0.15, 0.2) is 12.4 Å². The lowest BCUT2D eigenvalue weighted by Crippen LogP contribution is -2.38. The van der Waals surface area contributed by atoms with Gasteiger partial charge in [-0.3, -0.25) is 9.97 Å². The molecule has 23 heavy (non-hydrogen) atoms. The van der Waals surface area contributed by atoms with Gasteiger partial charge in [0.15, 0.2) is 12.2 Å². The van der Waals surface area contributed by atoms with Crippen molar-refractivity contribution in [2.24, 2.45) is 0 Å². The summed E-state index contributed by atoms with van der Waals surface area (Å²) in [6, 6.07) is 0. The summed E-state index contributed by atoms with van der Waals surface area (Å²) in [4.78, 5) is 28.5. The van der Waals surface area contributed by atoms with Crippen LogP contribution in [0.3, 0.4) is 0 Å². The molecule has 0 saturated heterocycles. The molecule has 1 rings (SSSR count). The highest BCUT2D eigenvalue weighted by Crippen LogP contribution is 2.17. The summed E-state index contributed by atoms with van der Waals surface area (Å²) < 4.78 is 0. The number of aromatic nitrogens is 2. The van der Waals surface area contributed by atoms with E-state index in [1.807, 2.05) is 0 Å². The Morgan fingerprint density at radius 3 is 2.04 bits per heavy atom. The topological polar surface area (TPSA) is 202 Å². The van der Waals surface area contributed by atoms with Crippen LogP contribution < -0.4 is 0 Å². The number of carbonyl (C=O) groups is 2. The Labute approximate surface area is 129 Å². The van der Waals surface area contributed by atoms with Crippen LogP contribution in [0.2, 0.25) is 0 Å². The first-order chi connectivity index (χ1) is 10.6. The number of aliphatic hydroxyl groups is 5. The molecular weight excluding hydrogens is 316 g/mol. The van der Waals surface area contributed by atoms with Crippen molar-refractivity contribution < 1.29 is 45.3 Å². The first-order valence-corrected chi connectivity index (χ1v) is 6.32. The third-order valence-electron chi connectivity index (χ3n) is 2.94. The molecule has 5 atom stereocenters. The predicted octanol–water partition coefficient (Wildman–Crippen LogP) is -3.33. The van der Waals surface area contributed by atoms with Crippen LogP contribution in [0.5, 0.6) is 0 Å². The summed E-state index contributed by atoms with van der Waals surface area (Å²) in [6.07, 6.45) is -8.26. The van der Waals surface area contributed by atoms with E-state index in [0.717, 1.165) is 12.4 Å².